The van der Waals surface area contributed by atoms with Crippen molar-refractivity contribution in [2.45, 2.75) is 64.7 Å². The number of allylic oxidation sites excluding steroid dienone is 2. The van der Waals surface area contributed by atoms with Gasteiger partial charge in [-0.25, -0.2) is 14.6 Å². The Hall–Kier alpha value is -5.11. The van der Waals surface area contributed by atoms with Crippen LogP contribution in [-0.2, 0) is 30.3 Å². The Kier molecular flexibility index (Phi) is 12.8. The number of oxazole rings is 1. The predicted molar refractivity (Wildman–Crippen MR) is 172 cm³/mol. The number of amides is 3. The quantitative estimate of drug-likeness (QED) is 0.408. The van der Waals surface area contributed by atoms with Crippen molar-refractivity contribution in [2.75, 3.05) is 25.0 Å². The van der Waals surface area contributed by atoms with Gasteiger partial charge in [-0.1, -0.05) is 43.7 Å². The number of Topliss-reactive ketones (excluding diaryl/α,β-unsaturated/α-hetero) is 1. The average Bonchev–Trinajstić information content (AvgIpc) is 3.73. The summed E-state index contributed by atoms with van der Waals surface area (Å²) < 4.78 is 16.8. The summed E-state index contributed by atoms with van der Waals surface area (Å²) in [5.41, 5.74) is 1.08. The Balaban J connectivity index is 1.54. The minimum atomic E-state index is -1.05. The molecule has 2 aliphatic heterocycles. The Morgan fingerprint density at radius 1 is 1.25 bits per heavy atom. The van der Waals surface area contributed by atoms with E-state index in [1.807, 2.05) is 0 Å². The highest BCUT2D eigenvalue weighted by Crippen LogP contribution is 2.26. The van der Waals surface area contributed by atoms with E-state index in [0.717, 1.165) is 6.26 Å². The molecule has 0 spiro atoms. The molecule has 2 aromatic heterocycles. The second-order valence-corrected chi connectivity index (χ2v) is 11.9. The average molecular weight is 664 g/mol. The van der Waals surface area contributed by atoms with E-state index in [-0.39, 0.29) is 55.8 Å². The maximum absolute atomic E-state index is 13.6. The molecule has 2 bridgehead atoms. The largest absolute Gasteiger partial charge is 0.460 e. The molecule has 1 fully saturated rings. The number of nitrogens with zero attached hydrogens (tertiary/aromatic N) is 3. The third-order valence-electron chi connectivity index (χ3n) is 7.84. The number of rotatable bonds is 4. The van der Waals surface area contributed by atoms with Crippen LogP contribution in [0.1, 0.15) is 56.4 Å². The summed E-state index contributed by atoms with van der Waals surface area (Å²) in [6, 6.07) is 2.40. The number of aliphatic hydroxyl groups excluding tert-OH is 1. The van der Waals surface area contributed by atoms with Crippen molar-refractivity contribution in [2.24, 2.45) is 11.8 Å². The minimum absolute atomic E-state index is 0.0191. The van der Waals surface area contributed by atoms with Gasteiger partial charge in [0.15, 0.2) is 5.69 Å². The van der Waals surface area contributed by atoms with Crippen LogP contribution >= 0.6 is 0 Å². The van der Waals surface area contributed by atoms with E-state index in [4.69, 9.17) is 13.9 Å². The van der Waals surface area contributed by atoms with Gasteiger partial charge >= 0.3 is 12.1 Å². The first kappa shape index (κ1) is 35.7. The molecule has 14 heteroatoms. The van der Waals surface area contributed by atoms with Gasteiger partial charge < -0.3 is 29.2 Å². The summed E-state index contributed by atoms with van der Waals surface area (Å²) in [6.07, 6.45) is 9.93. The fourth-order valence-electron chi connectivity index (χ4n) is 5.44. The number of hydrogen-bond acceptors (Lipinski definition) is 11. The van der Waals surface area contributed by atoms with Crippen molar-refractivity contribution in [1.82, 2.24) is 20.2 Å². The van der Waals surface area contributed by atoms with Crippen molar-refractivity contribution >= 4 is 35.3 Å². The second-order valence-electron chi connectivity index (χ2n) is 11.9. The number of ether oxygens (including phenoxy) is 2. The van der Waals surface area contributed by atoms with E-state index in [0.29, 0.717) is 24.1 Å². The third-order valence-corrected chi connectivity index (χ3v) is 7.84. The molecular weight excluding hydrogens is 622 g/mol. The van der Waals surface area contributed by atoms with E-state index >= 15 is 0 Å². The molecule has 0 aromatic carbocycles. The van der Waals surface area contributed by atoms with Crippen molar-refractivity contribution in [3.05, 3.63) is 78.3 Å². The van der Waals surface area contributed by atoms with Gasteiger partial charge in [-0.2, -0.15) is 0 Å². The van der Waals surface area contributed by atoms with E-state index in [2.05, 4.69) is 20.6 Å². The molecule has 0 aliphatic carbocycles. The van der Waals surface area contributed by atoms with Crippen LogP contribution in [0, 0.1) is 11.8 Å². The summed E-state index contributed by atoms with van der Waals surface area (Å²) in [6.45, 7) is 5.63. The van der Waals surface area contributed by atoms with Crippen LogP contribution in [0.3, 0.4) is 0 Å². The van der Waals surface area contributed by atoms with Crippen molar-refractivity contribution < 1.29 is 43.0 Å². The normalized spacial score (nSPS) is 26.2. The number of carbonyl (C=O) groups excluding carboxylic acids is 5. The van der Waals surface area contributed by atoms with E-state index < -0.39 is 48.1 Å². The molecule has 48 heavy (non-hydrogen) atoms. The number of pyridine rings is 1. The molecule has 3 N–H and O–H groups in total. The van der Waals surface area contributed by atoms with E-state index in [1.165, 1.54) is 23.2 Å². The Morgan fingerprint density at radius 3 is 2.83 bits per heavy atom. The second kappa shape index (κ2) is 17.2. The molecule has 5 atom stereocenters. The number of fused-ring (bicyclic) bond motifs is 3. The van der Waals surface area contributed by atoms with Gasteiger partial charge in [0.2, 0.25) is 11.8 Å². The van der Waals surface area contributed by atoms with Gasteiger partial charge in [-0.3, -0.25) is 24.7 Å². The van der Waals surface area contributed by atoms with Crippen molar-refractivity contribution in [1.29, 1.82) is 0 Å². The molecule has 4 heterocycles. The summed E-state index contributed by atoms with van der Waals surface area (Å²) in [7, 11) is 0. The summed E-state index contributed by atoms with van der Waals surface area (Å²) in [4.78, 5) is 74.1. The van der Waals surface area contributed by atoms with Gasteiger partial charge in [0.05, 0.1) is 31.0 Å². The van der Waals surface area contributed by atoms with Gasteiger partial charge in [0.1, 0.15) is 24.2 Å². The SMILES string of the molecule is CC1=C\[C@@H](O)CC(=O)Cc2nc(co2)C(=O)N2CCC[C@@H]2C(=O)O[C@H]([C@H](C)COC(=O)Nc2cccnc2)[C@H](C)/C=C/C(=O)NC\C=C\1. The number of aliphatic hydroxyl groups is 1. The number of carbonyl (C=O) groups is 5. The standard InChI is InChI=1S/C34H41N5O9/c1-21-7-4-13-36-29(42)11-10-22(2)31(23(3)19-47-34(45)37-24-8-5-12-35-18-24)48-33(44)28-9-6-14-39(28)32(43)27-20-46-30(38-27)17-26(41)16-25(40)15-21/h4-5,7-8,10-12,15,18,20,22-23,25,28,31,40H,6,9,13-14,16-17,19H2,1-3H3,(H,36,42)(H,37,45)/b7-4+,11-10+,21-15+/t22-,23-,25-,28-,31+/m1/s1. The molecule has 4 rings (SSSR count). The lowest BCUT2D eigenvalue weighted by Crippen LogP contribution is -2.44. The molecule has 2 aromatic rings. The maximum atomic E-state index is 13.6. The molecule has 1 saturated heterocycles. The zero-order valence-electron chi connectivity index (χ0n) is 27.2. The first-order chi connectivity index (χ1) is 23.0. The number of hydrogen-bond donors (Lipinski definition) is 3. The fourth-order valence-corrected chi connectivity index (χ4v) is 5.44. The molecule has 0 unspecified atom stereocenters. The fraction of sp³-hybridized carbons (Fsp3) is 0.441. The lowest BCUT2D eigenvalue weighted by atomic mass is 9.93. The zero-order chi connectivity index (χ0) is 34.6. The third kappa shape index (κ3) is 10.5. The predicted octanol–water partition coefficient (Wildman–Crippen LogP) is 3.16. The van der Waals surface area contributed by atoms with Crippen LogP contribution in [-0.4, -0.2) is 87.6 Å². The maximum Gasteiger partial charge on any atom is 0.411 e. The molecule has 3 amide bonds. The Bertz CT molecular complexity index is 1550. The van der Waals surface area contributed by atoms with Crippen LogP contribution in [0.25, 0.3) is 0 Å². The summed E-state index contributed by atoms with van der Waals surface area (Å²) in [5, 5.41) is 15.7. The minimum Gasteiger partial charge on any atom is -0.460 e. The smallest absolute Gasteiger partial charge is 0.411 e. The summed E-state index contributed by atoms with van der Waals surface area (Å²) >= 11 is 0. The number of ketones is 1. The lowest BCUT2D eigenvalue weighted by Gasteiger charge is -2.30. The lowest BCUT2D eigenvalue weighted by molar-refractivity contribution is -0.159. The van der Waals surface area contributed by atoms with Gasteiger partial charge in [-0.05, 0) is 38.0 Å². The van der Waals surface area contributed by atoms with Gasteiger partial charge in [0, 0.05) is 37.5 Å². The van der Waals surface area contributed by atoms with E-state index in [1.54, 1.807) is 57.3 Å². The summed E-state index contributed by atoms with van der Waals surface area (Å²) in [5.74, 6) is -2.92. The topological polar surface area (TPSA) is 190 Å². The van der Waals surface area contributed by atoms with E-state index in [9.17, 15) is 29.1 Å². The molecule has 256 valence electrons. The van der Waals surface area contributed by atoms with Crippen LogP contribution < -0.4 is 10.6 Å². The highest BCUT2D eigenvalue weighted by atomic mass is 16.6. The number of esters is 1. The molecule has 2 aliphatic rings. The van der Waals surface area contributed by atoms with Crippen molar-refractivity contribution in [3.63, 3.8) is 0 Å². The number of cyclic esters (lactones) is 1. The first-order valence-electron chi connectivity index (χ1n) is 15.8. The number of anilines is 1. The van der Waals surface area contributed by atoms with Crippen LogP contribution in [0.5, 0.6) is 0 Å². The molecular formula is C34H41N5O9. The van der Waals surface area contributed by atoms with Crippen LogP contribution in [0.4, 0.5) is 10.5 Å². The van der Waals surface area contributed by atoms with Gasteiger partial charge in [0.25, 0.3) is 5.91 Å². The highest BCUT2D eigenvalue weighted by Gasteiger charge is 2.39. The van der Waals surface area contributed by atoms with Gasteiger partial charge in [-0.15, -0.1) is 0 Å². The Morgan fingerprint density at radius 2 is 2.06 bits per heavy atom. The molecule has 14 nitrogen and oxygen atoms in total. The monoisotopic (exact) mass is 663 g/mol. The number of aromatic nitrogens is 2. The highest BCUT2D eigenvalue weighted by molar-refractivity contribution is 5.95. The first-order valence-corrected chi connectivity index (χ1v) is 15.8. The van der Waals surface area contributed by atoms with Crippen molar-refractivity contribution in [3.8, 4) is 0 Å². The Labute approximate surface area is 278 Å². The molecule has 0 radical (unpaired) electrons. The van der Waals surface area contributed by atoms with Crippen LogP contribution in [0.15, 0.2) is 71.2 Å². The molecule has 0 saturated carbocycles. The number of nitrogens with one attached hydrogen (secondary N) is 2. The van der Waals surface area contributed by atoms with Crippen LogP contribution in [0.2, 0.25) is 0 Å². The zero-order valence-corrected chi connectivity index (χ0v) is 27.2.